The molecule has 0 spiro atoms. The molecule has 3 fully saturated rings. The lowest BCUT2D eigenvalue weighted by Gasteiger charge is -2.29. The van der Waals surface area contributed by atoms with Crippen molar-refractivity contribution in [2.75, 3.05) is 0 Å². The lowest BCUT2D eigenvalue weighted by molar-refractivity contribution is 0.267. The number of fused-ring (bicyclic) bond motifs is 2. The molecule has 0 saturated heterocycles. The van der Waals surface area contributed by atoms with Crippen LogP contribution < -0.4 is 5.73 Å². The van der Waals surface area contributed by atoms with E-state index in [0.29, 0.717) is 5.92 Å². The number of nitrogens with zero attached hydrogens (tertiary/aromatic N) is 2. The first kappa shape index (κ1) is 11.9. The van der Waals surface area contributed by atoms with Crippen LogP contribution in [0.25, 0.3) is 0 Å². The molecule has 19 heavy (non-hydrogen) atoms. The van der Waals surface area contributed by atoms with Crippen molar-refractivity contribution in [2.45, 2.75) is 69.2 Å². The van der Waals surface area contributed by atoms with Gasteiger partial charge in [0.15, 0.2) is 5.82 Å². The number of hydrogen-bond donors (Lipinski definition) is 1. The molecule has 4 rings (SSSR count). The van der Waals surface area contributed by atoms with Gasteiger partial charge in [-0.2, -0.15) is 4.98 Å². The number of rotatable bonds is 2. The SMILES string of the molecule is NC1(c2noc(C3CC4CCC3C4)n2)CCCCC1. The molecule has 3 saturated carbocycles. The predicted molar refractivity (Wildman–Crippen MR) is 71.4 cm³/mol. The smallest absolute Gasteiger partial charge is 0.230 e. The van der Waals surface area contributed by atoms with Gasteiger partial charge < -0.3 is 10.3 Å². The van der Waals surface area contributed by atoms with E-state index in [0.717, 1.165) is 36.4 Å². The normalized spacial score (nSPS) is 36.8. The van der Waals surface area contributed by atoms with Gasteiger partial charge in [0.2, 0.25) is 5.89 Å². The summed E-state index contributed by atoms with van der Waals surface area (Å²) in [6.45, 7) is 0. The monoisotopic (exact) mass is 261 g/mol. The highest BCUT2D eigenvalue weighted by Crippen LogP contribution is 2.52. The molecule has 3 unspecified atom stereocenters. The molecule has 0 aromatic carbocycles. The molecule has 0 radical (unpaired) electrons. The van der Waals surface area contributed by atoms with E-state index in [-0.39, 0.29) is 5.54 Å². The Morgan fingerprint density at radius 3 is 2.63 bits per heavy atom. The number of nitrogens with two attached hydrogens (primary N) is 1. The number of aromatic nitrogens is 2. The molecule has 4 nitrogen and oxygen atoms in total. The average Bonchev–Trinajstić information content (AvgIpc) is 3.15. The molecule has 2 N–H and O–H groups in total. The topological polar surface area (TPSA) is 64.9 Å². The Labute approximate surface area is 114 Å². The van der Waals surface area contributed by atoms with Gasteiger partial charge in [0, 0.05) is 5.92 Å². The standard InChI is InChI=1S/C15H23N3O/c16-15(6-2-1-3-7-15)14-17-13(19-18-14)12-9-10-4-5-11(12)8-10/h10-12H,1-9,16H2. The second-order valence-electron chi connectivity index (χ2n) is 6.95. The fourth-order valence-corrected chi connectivity index (χ4v) is 4.54. The van der Waals surface area contributed by atoms with E-state index in [1.54, 1.807) is 0 Å². The molecule has 104 valence electrons. The van der Waals surface area contributed by atoms with Crippen molar-refractivity contribution in [1.29, 1.82) is 0 Å². The summed E-state index contributed by atoms with van der Waals surface area (Å²) < 4.78 is 5.58. The van der Waals surface area contributed by atoms with Gasteiger partial charge >= 0.3 is 0 Å². The minimum Gasteiger partial charge on any atom is -0.339 e. The molecular weight excluding hydrogens is 238 g/mol. The van der Waals surface area contributed by atoms with Crippen molar-refractivity contribution in [3.8, 4) is 0 Å². The maximum Gasteiger partial charge on any atom is 0.230 e. The van der Waals surface area contributed by atoms with Crippen LogP contribution in [0.1, 0.15) is 75.4 Å². The van der Waals surface area contributed by atoms with Crippen LogP contribution in [0.15, 0.2) is 4.52 Å². The molecule has 0 amide bonds. The van der Waals surface area contributed by atoms with Crippen molar-refractivity contribution < 1.29 is 4.52 Å². The fraction of sp³-hybridized carbons (Fsp3) is 0.867. The maximum absolute atomic E-state index is 6.48. The van der Waals surface area contributed by atoms with E-state index in [2.05, 4.69) is 5.16 Å². The van der Waals surface area contributed by atoms with Crippen molar-refractivity contribution >= 4 is 0 Å². The summed E-state index contributed by atoms with van der Waals surface area (Å²) in [5.41, 5.74) is 6.16. The lowest BCUT2D eigenvalue weighted by atomic mass is 9.82. The zero-order chi connectivity index (χ0) is 12.9. The third-order valence-corrected chi connectivity index (χ3v) is 5.69. The summed E-state index contributed by atoms with van der Waals surface area (Å²) in [6.07, 6.45) is 11.0. The van der Waals surface area contributed by atoms with Crippen LogP contribution >= 0.6 is 0 Å². The lowest BCUT2D eigenvalue weighted by Crippen LogP contribution is -2.39. The van der Waals surface area contributed by atoms with Gasteiger partial charge in [-0.15, -0.1) is 0 Å². The van der Waals surface area contributed by atoms with Crippen molar-refractivity contribution in [2.24, 2.45) is 17.6 Å². The first-order valence-electron chi connectivity index (χ1n) is 7.87. The van der Waals surface area contributed by atoms with E-state index < -0.39 is 0 Å². The van der Waals surface area contributed by atoms with Crippen LogP contribution in [0.4, 0.5) is 0 Å². The van der Waals surface area contributed by atoms with Crippen molar-refractivity contribution in [1.82, 2.24) is 10.1 Å². The molecule has 4 heteroatoms. The number of hydrogen-bond acceptors (Lipinski definition) is 4. The Morgan fingerprint density at radius 2 is 1.95 bits per heavy atom. The Kier molecular flexibility index (Phi) is 2.69. The summed E-state index contributed by atoms with van der Waals surface area (Å²) >= 11 is 0. The largest absolute Gasteiger partial charge is 0.339 e. The minimum atomic E-state index is -0.322. The first-order chi connectivity index (χ1) is 9.24. The van der Waals surface area contributed by atoms with Crippen molar-refractivity contribution in [3.05, 3.63) is 11.7 Å². The van der Waals surface area contributed by atoms with E-state index in [1.807, 2.05) is 0 Å². The summed E-state index contributed by atoms with van der Waals surface area (Å²) in [6, 6.07) is 0. The Morgan fingerprint density at radius 1 is 1.11 bits per heavy atom. The summed E-state index contributed by atoms with van der Waals surface area (Å²) in [5, 5.41) is 4.23. The molecule has 1 heterocycles. The summed E-state index contributed by atoms with van der Waals surface area (Å²) in [4.78, 5) is 4.70. The quantitative estimate of drug-likeness (QED) is 0.888. The highest BCUT2D eigenvalue weighted by Gasteiger charge is 2.44. The molecule has 3 atom stereocenters. The van der Waals surface area contributed by atoms with Gasteiger partial charge in [-0.3, -0.25) is 0 Å². The highest BCUT2D eigenvalue weighted by molar-refractivity contribution is 5.10. The van der Waals surface area contributed by atoms with Crippen LogP contribution in [0.3, 0.4) is 0 Å². The highest BCUT2D eigenvalue weighted by atomic mass is 16.5. The van der Waals surface area contributed by atoms with E-state index >= 15 is 0 Å². The molecule has 2 bridgehead atoms. The maximum atomic E-state index is 6.48. The summed E-state index contributed by atoms with van der Waals surface area (Å²) in [7, 11) is 0. The average molecular weight is 261 g/mol. The van der Waals surface area contributed by atoms with Crippen LogP contribution in [-0.2, 0) is 5.54 Å². The molecule has 1 aromatic heterocycles. The van der Waals surface area contributed by atoms with Gasteiger partial charge in [-0.1, -0.05) is 30.8 Å². The molecule has 3 aliphatic rings. The van der Waals surface area contributed by atoms with E-state index in [9.17, 15) is 0 Å². The second-order valence-corrected chi connectivity index (χ2v) is 6.95. The van der Waals surface area contributed by atoms with Crippen LogP contribution in [0.2, 0.25) is 0 Å². The van der Waals surface area contributed by atoms with Gasteiger partial charge in [0.05, 0.1) is 5.54 Å². The Balaban J connectivity index is 1.56. The zero-order valence-electron chi connectivity index (χ0n) is 11.5. The minimum absolute atomic E-state index is 0.322. The van der Waals surface area contributed by atoms with Gasteiger partial charge in [0.25, 0.3) is 0 Å². The molecule has 3 aliphatic carbocycles. The second kappa shape index (κ2) is 4.30. The van der Waals surface area contributed by atoms with Crippen LogP contribution in [0.5, 0.6) is 0 Å². The molecular formula is C15H23N3O. The van der Waals surface area contributed by atoms with E-state index in [1.165, 1.54) is 44.9 Å². The van der Waals surface area contributed by atoms with Crippen molar-refractivity contribution in [3.63, 3.8) is 0 Å². The predicted octanol–water partition coefficient (Wildman–Crippen LogP) is 3.09. The zero-order valence-corrected chi connectivity index (χ0v) is 11.5. The van der Waals surface area contributed by atoms with Gasteiger partial charge in [-0.05, 0) is 43.9 Å². The van der Waals surface area contributed by atoms with Gasteiger partial charge in [0.1, 0.15) is 0 Å². The first-order valence-corrected chi connectivity index (χ1v) is 7.87. The Bertz CT molecular complexity index is 464. The molecule has 1 aromatic rings. The van der Waals surface area contributed by atoms with Crippen LogP contribution in [-0.4, -0.2) is 10.1 Å². The molecule has 0 aliphatic heterocycles. The Hall–Kier alpha value is -0.900. The third-order valence-electron chi connectivity index (χ3n) is 5.69. The van der Waals surface area contributed by atoms with E-state index in [4.69, 9.17) is 15.2 Å². The van der Waals surface area contributed by atoms with Gasteiger partial charge in [-0.25, -0.2) is 0 Å². The van der Waals surface area contributed by atoms with Crippen LogP contribution in [0, 0.1) is 11.8 Å². The third kappa shape index (κ3) is 1.92. The summed E-state index contributed by atoms with van der Waals surface area (Å²) in [5.74, 6) is 3.86. The fourth-order valence-electron chi connectivity index (χ4n) is 4.54.